The summed E-state index contributed by atoms with van der Waals surface area (Å²) in [6.45, 7) is 10.9. The molecule has 6 nitrogen and oxygen atoms in total. The van der Waals surface area contributed by atoms with Gasteiger partial charge in [0.15, 0.2) is 0 Å². The lowest BCUT2D eigenvalue weighted by atomic mass is 9.77. The second-order valence-corrected chi connectivity index (χ2v) is 9.17. The van der Waals surface area contributed by atoms with E-state index in [0.29, 0.717) is 19.6 Å². The van der Waals surface area contributed by atoms with Gasteiger partial charge in [-0.3, -0.25) is 9.69 Å². The maximum absolute atomic E-state index is 12.5. The molecule has 2 aliphatic heterocycles. The fourth-order valence-corrected chi connectivity index (χ4v) is 4.14. The molecule has 3 rings (SSSR count). The quantitative estimate of drug-likeness (QED) is 0.862. The van der Waals surface area contributed by atoms with Crippen molar-refractivity contribution in [3.8, 4) is 0 Å². The van der Waals surface area contributed by atoms with Crippen LogP contribution in [0.15, 0.2) is 24.3 Å². The van der Waals surface area contributed by atoms with Crippen molar-refractivity contribution in [2.75, 3.05) is 26.2 Å². The van der Waals surface area contributed by atoms with Crippen LogP contribution in [-0.4, -0.2) is 59.1 Å². The molecular weight excluding hydrogens is 354 g/mol. The first-order valence-corrected chi connectivity index (χ1v) is 10.2. The molecule has 2 aliphatic rings. The van der Waals surface area contributed by atoms with Gasteiger partial charge in [-0.25, -0.2) is 4.79 Å². The topological polar surface area (TPSA) is 61.9 Å². The molecule has 1 N–H and O–H groups in total. The molecular formula is C22H33N3O3. The normalized spacial score (nSPS) is 22.6. The number of nitrogens with one attached hydrogen (secondary N) is 1. The lowest BCUT2D eigenvalue weighted by Crippen LogP contribution is -2.68. The van der Waals surface area contributed by atoms with Crippen LogP contribution in [0, 0.1) is 6.92 Å². The Hall–Kier alpha value is -2.08. The van der Waals surface area contributed by atoms with E-state index in [0.717, 1.165) is 37.9 Å². The number of hydrogen-bond donors (Lipinski definition) is 1. The number of amides is 2. The van der Waals surface area contributed by atoms with Gasteiger partial charge in [0.1, 0.15) is 5.60 Å². The van der Waals surface area contributed by atoms with Gasteiger partial charge in [-0.2, -0.15) is 0 Å². The molecule has 0 radical (unpaired) electrons. The molecule has 2 amide bonds. The summed E-state index contributed by atoms with van der Waals surface area (Å²) in [4.78, 5) is 29.0. The third-order valence-corrected chi connectivity index (χ3v) is 5.63. The van der Waals surface area contributed by atoms with Crippen LogP contribution in [0.5, 0.6) is 0 Å². The molecule has 6 heteroatoms. The molecule has 1 aromatic rings. The van der Waals surface area contributed by atoms with E-state index in [4.69, 9.17) is 4.74 Å². The van der Waals surface area contributed by atoms with Gasteiger partial charge in [0.25, 0.3) is 0 Å². The van der Waals surface area contributed by atoms with E-state index in [9.17, 15) is 9.59 Å². The molecule has 2 heterocycles. The van der Waals surface area contributed by atoms with Crippen LogP contribution in [0.4, 0.5) is 4.79 Å². The molecule has 0 saturated carbocycles. The number of carbonyl (C=O) groups excluding carboxylic acids is 2. The van der Waals surface area contributed by atoms with Gasteiger partial charge in [-0.1, -0.05) is 29.8 Å². The van der Waals surface area contributed by atoms with Crippen molar-refractivity contribution in [3.05, 3.63) is 35.4 Å². The van der Waals surface area contributed by atoms with Gasteiger partial charge in [0, 0.05) is 31.7 Å². The van der Waals surface area contributed by atoms with E-state index >= 15 is 0 Å². The van der Waals surface area contributed by atoms with Crippen LogP contribution in [0.25, 0.3) is 0 Å². The first kappa shape index (κ1) is 20.6. The molecule has 1 spiro atoms. The summed E-state index contributed by atoms with van der Waals surface area (Å²) in [5.41, 5.74) is 1.74. The summed E-state index contributed by atoms with van der Waals surface area (Å²) in [6, 6.07) is 8.17. The Morgan fingerprint density at radius 1 is 1.21 bits per heavy atom. The highest BCUT2D eigenvalue weighted by molar-refractivity contribution is 5.78. The predicted molar refractivity (Wildman–Crippen MR) is 109 cm³/mol. The maximum Gasteiger partial charge on any atom is 0.410 e. The molecule has 2 fully saturated rings. The van der Waals surface area contributed by atoms with Crippen LogP contribution in [0.3, 0.4) is 0 Å². The fourth-order valence-electron chi connectivity index (χ4n) is 4.14. The summed E-state index contributed by atoms with van der Waals surface area (Å²) < 4.78 is 5.54. The number of aryl methyl sites for hydroxylation is 1. The number of carbonyl (C=O) groups is 2. The number of ether oxygens (including phenoxy) is 1. The van der Waals surface area contributed by atoms with Crippen molar-refractivity contribution in [1.29, 1.82) is 0 Å². The molecule has 0 unspecified atom stereocenters. The van der Waals surface area contributed by atoms with Gasteiger partial charge < -0.3 is 15.0 Å². The zero-order valence-corrected chi connectivity index (χ0v) is 17.6. The standard InChI is InChI=1S/C22H33N3O3/c1-17-7-5-8-18(13-17)14-23-19(26)15-25-12-10-22(25)9-6-11-24(16-22)20(27)28-21(2,3)4/h5,7-8,13H,6,9-12,14-16H2,1-4H3,(H,23,26)/t22-/m0/s1. The second kappa shape index (κ2) is 8.11. The predicted octanol–water partition coefficient (Wildman–Crippen LogP) is 3.09. The Kier molecular flexibility index (Phi) is 5.98. The van der Waals surface area contributed by atoms with E-state index in [1.165, 1.54) is 5.56 Å². The Labute approximate surface area is 168 Å². The number of likely N-dealkylation sites (tertiary alicyclic amines) is 2. The number of benzene rings is 1. The third-order valence-electron chi connectivity index (χ3n) is 5.63. The summed E-state index contributed by atoms with van der Waals surface area (Å²) >= 11 is 0. The minimum Gasteiger partial charge on any atom is -0.444 e. The lowest BCUT2D eigenvalue weighted by Gasteiger charge is -2.56. The van der Waals surface area contributed by atoms with Gasteiger partial charge >= 0.3 is 6.09 Å². The van der Waals surface area contributed by atoms with Gasteiger partial charge in [0.05, 0.1) is 6.54 Å². The lowest BCUT2D eigenvalue weighted by molar-refractivity contribution is -0.130. The largest absolute Gasteiger partial charge is 0.444 e. The highest BCUT2D eigenvalue weighted by atomic mass is 16.6. The van der Waals surface area contributed by atoms with Crippen molar-refractivity contribution in [1.82, 2.24) is 15.1 Å². The molecule has 0 aromatic heterocycles. The highest BCUT2D eigenvalue weighted by Crippen LogP contribution is 2.38. The number of nitrogens with zero attached hydrogens (tertiary/aromatic N) is 2. The zero-order valence-electron chi connectivity index (χ0n) is 17.6. The van der Waals surface area contributed by atoms with Crippen molar-refractivity contribution < 1.29 is 14.3 Å². The monoisotopic (exact) mass is 387 g/mol. The number of rotatable bonds is 4. The zero-order chi connectivity index (χ0) is 20.4. The minimum atomic E-state index is -0.489. The van der Waals surface area contributed by atoms with Crippen LogP contribution in [0.2, 0.25) is 0 Å². The Bertz CT molecular complexity index is 728. The van der Waals surface area contributed by atoms with Crippen molar-refractivity contribution in [3.63, 3.8) is 0 Å². The van der Waals surface area contributed by atoms with Crippen molar-refractivity contribution in [2.45, 2.75) is 64.6 Å². The fraction of sp³-hybridized carbons (Fsp3) is 0.636. The molecule has 0 aliphatic carbocycles. The van der Waals surface area contributed by atoms with E-state index < -0.39 is 5.60 Å². The average molecular weight is 388 g/mol. The summed E-state index contributed by atoms with van der Waals surface area (Å²) in [7, 11) is 0. The smallest absolute Gasteiger partial charge is 0.410 e. The maximum atomic E-state index is 12.5. The van der Waals surface area contributed by atoms with Gasteiger partial charge in [-0.05, 0) is 52.5 Å². The van der Waals surface area contributed by atoms with E-state index in [1.54, 1.807) is 0 Å². The Morgan fingerprint density at radius 3 is 2.64 bits per heavy atom. The number of hydrogen-bond acceptors (Lipinski definition) is 4. The molecule has 0 bridgehead atoms. The van der Waals surface area contributed by atoms with Gasteiger partial charge in [-0.15, -0.1) is 0 Å². The molecule has 2 saturated heterocycles. The van der Waals surface area contributed by atoms with E-state index in [1.807, 2.05) is 37.8 Å². The molecule has 1 atom stereocenters. The van der Waals surface area contributed by atoms with Crippen LogP contribution in [-0.2, 0) is 16.1 Å². The Balaban J connectivity index is 1.52. The van der Waals surface area contributed by atoms with Crippen molar-refractivity contribution in [2.24, 2.45) is 0 Å². The highest BCUT2D eigenvalue weighted by Gasteiger charge is 2.48. The first-order chi connectivity index (χ1) is 13.2. The second-order valence-electron chi connectivity index (χ2n) is 9.17. The van der Waals surface area contributed by atoms with Crippen LogP contribution < -0.4 is 5.32 Å². The minimum absolute atomic E-state index is 0.0370. The molecule has 154 valence electrons. The van der Waals surface area contributed by atoms with E-state index in [2.05, 4.69) is 29.3 Å². The third kappa shape index (κ3) is 5.04. The summed E-state index contributed by atoms with van der Waals surface area (Å²) in [5, 5.41) is 3.03. The summed E-state index contributed by atoms with van der Waals surface area (Å²) in [6.07, 6.45) is 2.75. The van der Waals surface area contributed by atoms with Gasteiger partial charge in [0.2, 0.25) is 5.91 Å². The Morgan fingerprint density at radius 2 is 2.00 bits per heavy atom. The SMILES string of the molecule is Cc1cccc(CNC(=O)CN2CC[C@]23CCCN(C(=O)OC(C)(C)C)C3)c1. The molecule has 28 heavy (non-hydrogen) atoms. The van der Waals surface area contributed by atoms with E-state index in [-0.39, 0.29) is 17.5 Å². The average Bonchev–Trinajstić information content (AvgIpc) is 2.62. The van der Waals surface area contributed by atoms with Crippen LogP contribution >= 0.6 is 0 Å². The number of piperidine rings is 1. The molecule has 1 aromatic carbocycles. The van der Waals surface area contributed by atoms with Crippen LogP contribution in [0.1, 0.15) is 51.2 Å². The van der Waals surface area contributed by atoms with Crippen molar-refractivity contribution >= 4 is 12.0 Å². The first-order valence-electron chi connectivity index (χ1n) is 10.2. The summed E-state index contributed by atoms with van der Waals surface area (Å²) in [5.74, 6) is 0.0370.